The van der Waals surface area contributed by atoms with Gasteiger partial charge in [0, 0.05) is 18.1 Å². The fraction of sp³-hybridized carbons (Fsp3) is 0.0938. The standard InChI is InChI=1S/C32H27NO3/c1-35-31(34)19-17-29(23-8-4-2-5-9-23)32(26-14-18-30-25(22-26)20-21-33-30)24-12-15-28(16-13-24)36-27-10-6-3-7-11-27/h2-16,18,20-22,33H,17,19H2,1H3/b32-29-. The van der Waals surface area contributed by atoms with Gasteiger partial charge in [-0.1, -0.05) is 66.7 Å². The lowest BCUT2D eigenvalue weighted by molar-refractivity contribution is -0.140. The molecule has 4 heteroatoms. The lowest BCUT2D eigenvalue weighted by atomic mass is 9.87. The number of carbonyl (C=O) groups is 1. The number of hydrogen-bond acceptors (Lipinski definition) is 3. The Kier molecular flexibility index (Phi) is 6.95. The molecule has 0 bridgehead atoms. The average Bonchev–Trinajstić information content (AvgIpc) is 3.40. The molecule has 0 amide bonds. The second-order valence-corrected chi connectivity index (χ2v) is 8.51. The molecule has 4 aromatic carbocycles. The van der Waals surface area contributed by atoms with Crippen LogP contribution in [0.4, 0.5) is 0 Å². The molecule has 1 heterocycles. The van der Waals surface area contributed by atoms with Crippen LogP contribution in [0.25, 0.3) is 22.0 Å². The summed E-state index contributed by atoms with van der Waals surface area (Å²) in [6, 6.07) is 36.6. The van der Waals surface area contributed by atoms with E-state index >= 15 is 0 Å². The van der Waals surface area contributed by atoms with E-state index in [-0.39, 0.29) is 5.97 Å². The molecule has 5 aromatic rings. The third-order valence-corrected chi connectivity index (χ3v) is 6.19. The topological polar surface area (TPSA) is 51.3 Å². The van der Waals surface area contributed by atoms with Crippen LogP contribution in [0, 0.1) is 0 Å². The van der Waals surface area contributed by atoms with Gasteiger partial charge in [0.2, 0.25) is 0 Å². The fourth-order valence-electron chi connectivity index (χ4n) is 4.42. The van der Waals surface area contributed by atoms with Gasteiger partial charge in [-0.3, -0.25) is 4.79 Å². The molecule has 0 aliphatic carbocycles. The maximum atomic E-state index is 12.1. The molecule has 0 saturated heterocycles. The molecule has 36 heavy (non-hydrogen) atoms. The smallest absolute Gasteiger partial charge is 0.305 e. The Morgan fingerprint density at radius 2 is 1.36 bits per heavy atom. The van der Waals surface area contributed by atoms with Gasteiger partial charge < -0.3 is 14.5 Å². The molecule has 0 spiro atoms. The minimum absolute atomic E-state index is 0.226. The van der Waals surface area contributed by atoms with Crippen molar-refractivity contribution in [2.75, 3.05) is 7.11 Å². The Morgan fingerprint density at radius 3 is 2.08 bits per heavy atom. The molecule has 0 saturated carbocycles. The van der Waals surface area contributed by atoms with Crippen molar-refractivity contribution in [3.63, 3.8) is 0 Å². The second-order valence-electron chi connectivity index (χ2n) is 8.51. The predicted octanol–water partition coefficient (Wildman–Crippen LogP) is 7.87. The first kappa shape index (κ1) is 23.2. The van der Waals surface area contributed by atoms with Gasteiger partial charge in [0.25, 0.3) is 0 Å². The summed E-state index contributed by atoms with van der Waals surface area (Å²) >= 11 is 0. The molecule has 0 fully saturated rings. The van der Waals surface area contributed by atoms with Crippen LogP contribution in [0.15, 0.2) is 115 Å². The number of methoxy groups -OCH3 is 1. The monoisotopic (exact) mass is 473 g/mol. The first-order valence-electron chi connectivity index (χ1n) is 12.0. The highest BCUT2D eigenvalue weighted by molar-refractivity contribution is 6.01. The van der Waals surface area contributed by atoms with Crippen LogP contribution in [-0.2, 0) is 9.53 Å². The molecule has 5 rings (SSSR count). The van der Waals surface area contributed by atoms with Crippen LogP contribution in [0.3, 0.4) is 0 Å². The summed E-state index contributed by atoms with van der Waals surface area (Å²) in [6.07, 6.45) is 2.80. The number of hydrogen-bond donors (Lipinski definition) is 1. The van der Waals surface area contributed by atoms with E-state index in [4.69, 9.17) is 9.47 Å². The predicted molar refractivity (Wildman–Crippen MR) is 145 cm³/mol. The molecule has 1 N–H and O–H groups in total. The number of ether oxygens (including phenoxy) is 2. The van der Waals surface area contributed by atoms with Gasteiger partial charge in [-0.05, 0) is 82.1 Å². The van der Waals surface area contributed by atoms with Crippen molar-refractivity contribution in [2.45, 2.75) is 12.8 Å². The largest absolute Gasteiger partial charge is 0.469 e. The number of nitrogens with one attached hydrogen (secondary N) is 1. The molecule has 178 valence electrons. The lowest BCUT2D eigenvalue weighted by Crippen LogP contribution is -2.02. The molecule has 0 aliphatic rings. The van der Waals surface area contributed by atoms with Crippen LogP contribution >= 0.6 is 0 Å². The molecule has 0 aliphatic heterocycles. The number of aromatic nitrogens is 1. The fourth-order valence-corrected chi connectivity index (χ4v) is 4.42. The zero-order valence-corrected chi connectivity index (χ0v) is 20.1. The molecular weight excluding hydrogens is 446 g/mol. The number of rotatable bonds is 8. The molecule has 0 atom stereocenters. The van der Waals surface area contributed by atoms with Crippen molar-refractivity contribution in [2.24, 2.45) is 0 Å². The van der Waals surface area contributed by atoms with Crippen LogP contribution in [-0.4, -0.2) is 18.1 Å². The van der Waals surface area contributed by atoms with Crippen molar-refractivity contribution in [1.82, 2.24) is 4.98 Å². The highest BCUT2D eigenvalue weighted by Gasteiger charge is 2.17. The first-order chi connectivity index (χ1) is 17.7. The van der Waals surface area contributed by atoms with Crippen LogP contribution in [0.5, 0.6) is 11.5 Å². The minimum atomic E-state index is -0.226. The van der Waals surface area contributed by atoms with E-state index in [0.717, 1.165) is 50.2 Å². The normalized spacial score (nSPS) is 11.7. The number of H-pyrrole nitrogens is 1. The number of esters is 1. The number of fused-ring (bicyclic) bond motifs is 1. The van der Waals surface area contributed by atoms with Gasteiger partial charge in [0.05, 0.1) is 7.11 Å². The van der Waals surface area contributed by atoms with Crippen LogP contribution < -0.4 is 4.74 Å². The van der Waals surface area contributed by atoms with E-state index in [0.29, 0.717) is 12.8 Å². The Balaban J connectivity index is 1.63. The lowest BCUT2D eigenvalue weighted by Gasteiger charge is -2.18. The van der Waals surface area contributed by atoms with Gasteiger partial charge in [-0.25, -0.2) is 0 Å². The van der Waals surface area contributed by atoms with Gasteiger partial charge in [-0.2, -0.15) is 0 Å². The van der Waals surface area contributed by atoms with E-state index in [2.05, 4.69) is 53.5 Å². The highest BCUT2D eigenvalue weighted by Crippen LogP contribution is 2.37. The second kappa shape index (κ2) is 10.8. The molecular formula is C32H27NO3. The Hall–Kier alpha value is -4.57. The average molecular weight is 474 g/mol. The quantitative estimate of drug-likeness (QED) is 0.184. The number of allylic oxidation sites excluding steroid dienone is 1. The molecule has 4 nitrogen and oxygen atoms in total. The van der Waals surface area contributed by atoms with E-state index in [1.165, 1.54) is 7.11 Å². The molecule has 0 unspecified atom stereocenters. The molecule has 1 aromatic heterocycles. The van der Waals surface area contributed by atoms with Gasteiger partial charge in [0.1, 0.15) is 11.5 Å². The maximum Gasteiger partial charge on any atom is 0.305 e. The van der Waals surface area contributed by atoms with Crippen molar-refractivity contribution in [1.29, 1.82) is 0 Å². The van der Waals surface area contributed by atoms with E-state index in [1.54, 1.807) is 0 Å². The summed E-state index contributed by atoms with van der Waals surface area (Å²) in [5.41, 5.74) is 6.47. The highest BCUT2D eigenvalue weighted by atomic mass is 16.5. The number of benzene rings is 4. The third-order valence-electron chi connectivity index (χ3n) is 6.19. The number of carbonyl (C=O) groups excluding carboxylic acids is 1. The number of aromatic amines is 1. The van der Waals surface area contributed by atoms with E-state index in [9.17, 15) is 4.79 Å². The summed E-state index contributed by atoms with van der Waals surface area (Å²) in [5.74, 6) is 1.33. The van der Waals surface area contributed by atoms with Crippen molar-refractivity contribution >= 4 is 28.0 Å². The van der Waals surface area contributed by atoms with Gasteiger partial charge >= 0.3 is 5.97 Å². The summed E-state index contributed by atoms with van der Waals surface area (Å²) in [5, 5.41) is 1.13. The summed E-state index contributed by atoms with van der Waals surface area (Å²) in [7, 11) is 1.43. The Bertz CT molecular complexity index is 1480. The van der Waals surface area contributed by atoms with Crippen molar-refractivity contribution < 1.29 is 14.3 Å². The van der Waals surface area contributed by atoms with E-state index in [1.807, 2.05) is 66.9 Å². The van der Waals surface area contributed by atoms with Crippen molar-refractivity contribution in [3.05, 3.63) is 132 Å². The van der Waals surface area contributed by atoms with Crippen LogP contribution in [0.1, 0.15) is 29.5 Å². The summed E-state index contributed by atoms with van der Waals surface area (Å²) in [4.78, 5) is 15.4. The Morgan fingerprint density at radius 1 is 0.694 bits per heavy atom. The van der Waals surface area contributed by atoms with Crippen molar-refractivity contribution in [3.8, 4) is 11.5 Å². The Labute approximate surface area is 210 Å². The zero-order valence-electron chi connectivity index (χ0n) is 20.1. The summed E-state index contributed by atoms with van der Waals surface area (Å²) in [6.45, 7) is 0. The number of para-hydroxylation sites is 1. The van der Waals surface area contributed by atoms with Crippen LogP contribution in [0.2, 0.25) is 0 Å². The minimum Gasteiger partial charge on any atom is -0.469 e. The van der Waals surface area contributed by atoms with Gasteiger partial charge in [-0.15, -0.1) is 0 Å². The van der Waals surface area contributed by atoms with E-state index < -0.39 is 0 Å². The molecule has 0 radical (unpaired) electrons. The first-order valence-corrected chi connectivity index (χ1v) is 12.0. The third kappa shape index (κ3) is 5.23. The maximum absolute atomic E-state index is 12.1. The van der Waals surface area contributed by atoms with Gasteiger partial charge in [0.15, 0.2) is 0 Å². The SMILES string of the molecule is COC(=O)CC/C(=C(\c1ccc(Oc2ccccc2)cc1)c1ccc2[nH]ccc2c1)c1ccccc1. The zero-order chi connectivity index (χ0) is 24.7. The summed E-state index contributed by atoms with van der Waals surface area (Å²) < 4.78 is 11.0.